The maximum atomic E-state index is 11.7. The molecule has 0 bridgehead atoms. The molecule has 2 aliphatic rings. The number of amides is 1. The molecule has 0 saturated carbocycles. The number of hydrogen-bond donors (Lipinski definition) is 4. The van der Waals surface area contributed by atoms with Gasteiger partial charge in [0.2, 0.25) is 5.78 Å². The first kappa shape index (κ1) is 95.2. The van der Waals surface area contributed by atoms with E-state index in [1.807, 2.05) is 60.7 Å². The molecule has 24 nitrogen and oxygen atoms in total. The van der Waals surface area contributed by atoms with Gasteiger partial charge in [-0.1, -0.05) is 81.6 Å². The van der Waals surface area contributed by atoms with Crippen LogP contribution in [0.4, 0.5) is 4.79 Å². The van der Waals surface area contributed by atoms with E-state index in [0.717, 1.165) is 105 Å². The molecule has 0 spiro atoms. The highest BCUT2D eigenvalue weighted by Crippen LogP contribution is 2.17. The van der Waals surface area contributed by atoms with Crippen LogP contribution in [0.2, 0.25) is 0 Å². The zero-order chi connectivity index (χ0) is 71.3. The summed E-state index contributed by atoms with van der Waals surface area (Å²) in [5.74, 6) is 10.5. The van der Waals surface area contributed by atoms with Gasteiger partial charge in [-0.05, 0) is 196 Å². The van der Waals surface area contributed by atoms with Gasteiger partial charge in [0.1, 0.15) is 24.4 Å². The van der Waals surface area contributed by atoms with Crippen LogP contribution in [0.3, 0.4) is 0 Å². The third kappa shape index (κ3) is 57.1. The lowest BCUT2D eigenvalue weighted by Gasteiger charge is -2.24. The fourth-order valence-corrected chi connectivity index (χ4v) is 9.24. The van der Waals surface area contributed by atoms with E-state index in [4.69, 9.17) is 44.5 Å². The van der Waals surface area contributed by atoms with Gasteiger partial charge in [0, 0.05) is 67.1 Å². The number of terminal acetylenes is 1. The topological polar surface area (TPSA) is 327 Å². The maximum Gasteiger partial charge on any atom is 0.413 e. The van der Waals surface area contributed by atoms with Crippen molar-refractivity contribution in [1.29, 1.82) is 0 Å². The lowest BCUT2D eigenvalue weighted by Crippen LogP contribution is -2.33. The van der Waals surface area contributed by atoms with Gasteiger partial charge in [0.15, 0.2) is 12.6 Å². The fourth-order valence-electron chi connectivity index (χ4n) is 6.17. The van der Waals surface area contributed by atoms with E-state index in [1.165, 1.54) is 50.6 Å². The molecule has 2 aliphatic heterocycles. The van der Waals surface area contributed by atoms with Gasteiger partial charge in [-0.15, -0.1) is 6.42 Å². The van der Waals surface area contributed by atoms with Crippen LogP contribution in [0.15, 0.2) is 24.3 Å². The number of carbonyl (C=O) groups is 5. The van der Waals surface area contributed by atoms with Crippen molar-refractivity contribution in [2.24, 2.45) is 5.90 Å². The predicted molar refractivity (Wildman–Crippen MR) is 374 cm³/mol. The summed E-state index contributed by atoms with van der Waals surface area (Å²) in [4.78, 5) is 60.1. The Balaban J connectivity index is -0.000000491. The maximum absolute atomic E-state index is 11.7. The lowest BCUT2D eigenvalue weighted by atomic mass is 10.2. The van der Waals surface area contributed by atoms with Crippen LogP contribution in [0.1, 0.15) is 218 Å². The molecule has 29 heteroatoms. The average Bonchev–Trinajstić information content (AvgIpc) is 1.77. The Bertz CT molecular complexity index is 2720. The third-order valence-electron chi connectivity index (χ3n) is 11.0. The van der Waals surface area contributed by atoms with Crippen molar-refractivity contribution < 1.29 is 79.5 Å². The van der Waals surface area contributed by atoms with Gasteiger partial charge >= 0.3 is 34.4 Å². The zero-order valence-corrected chi connectivity index (χ0v) is 62.1. The van der Waals surface area contributed by atoms with Crippen LogP contribution in [-0.4, -0.2) is 135 Å². The highest BCUT2D eigenvalue weighted by molar-refractivity contribution is 7.80. The van der Waals surface area contributed by atoms with Gasteiger partial charge in [-0.25, -0.2) is 4.79 Å². The van der Waals surface area contributed by atoms with E-state index in [-0.39, 0.29) is 69.5 Å². The molecule has 2 atom stereocenters. The molecule has 6 rings (SSSR count). The molecule has 2 unspecified atom stereocenters. The van der Waals surface area contributed by atoms with E-state index in [9.17, 15) is 32.4 Å². The van der Waals surface area contributed by atoms with Crippen LogP contribution in [0, 0.1) is 24.2 Å². The molecule has 4 aromatic heterocycles. The van der Waals surface area contributed by atoms with Gasteiger partial charge in [0.25, 0.3) is 0 Å². The van der Waals surface area contributed by atoms with Crippen molar-refractivity contribution in [3.05, 3.63) is 66.5 Å². The summed E-state index contributed by atoms with van der Waals surface area (Å²) in [7, 11) is -0.699. The molecule has 538 valence electrons. The molecule has 0 radical (unpaired) electrons. The minimum absolute atomic E-state index is 0. The van der Waals surface area contributed by atoms with Crippen molar-refractivity contribution in [1.82, 2.24) is 27.7 Å². The number of esters is 3. The van der Waals surface area contributed by atoms with E-state index < -0.39 is 27.9 Å². The Kier molecular flexibility index (Phi) is 58.7. The zero-order valence-electron chi connectivity index (χ0n) is 58.0. The van der Waals surface area contributed by atoms with Crippen molar-refractivity contribution in [3.63, 3.8) is 0 Å². The molecule has 6 heterocycles. The molecule has 4 aromatic rings. The van der Waals surface area contributed by atoms with Crippen LogP contribution in [-0.2, 0) is 119 Å². The largest absolute Gasteiger partial charge is 0.460 e. The summed E-state index contributed by atoms with van der Waals surface area (Å²) in [6, 6.07) is 8.31. The number of carbonyl (C=O) groups excluding carboxylic acids is 5. The smallest absolute Gasteiger partial charge is 0.413 e. The lowest BCUT2D eigenvalue weighted by molar-refractivity contribution is -0.159. The van der Waals surface area contributed by atoms with Crippen LogP contribution in [0.5, 0.6) is 0 Å². The Morgan fingerprint density at radius 1 is 0.649 bits per heavy atom. The Morgan fingerprint density at radius 3 is 1.37 bits per heavy atom. The number of aliphatic hydroxyl groups is 1. The number of ketones is 1. The number of aromatic nitrogens is 4. The van der Waals surface area contributed by atoms with Crippen molar-refractivity contribution in [2.45, 2.75) is 251 Å². The normalized spacial score (nSPS) is 13.6. The molecule has 5 N–H and O–H groups in total. The number of aryl methyl sites for hydroxylation is 5. The van der Waals surface area contributed by atoms with E-state index in [1.54, 1.807) is 62.7 Å². The number of nitrogens with one attached hydrogen (secondary N) is 1. The Morgan fingerprint density at radius 2 is 1.05 bits per heavy atom. The predicted octanol–water partition coefficient (Wildman–Crippen LogP) is 12.6. The minimum atomic E-state index is -4.38. The molecule has 0 aromatic carbocycles. The molecular formula is C65H111N7O17S5. The van der Waals surface area contributed by atoms with Crippen molar-refractivity contribution >= 4 is 86.3 Å². The summed E-state index contributed by atoms with van der Waals surface area (Å²) in [5, 5.41) is 11.7. The second-order valence-corrected chi connectivity index (χ2v) is 26.1. The highest BCUT2D eigenvalue weighted by atomic mass is 32.3. The third-order valence-corrected chi connectivity index (χ3v) is 14.6. The molecule has 0 aliphatic carbocycles. The van der Waals surface area contributed by atoms with E-state index >= 15 is 0 Å². The van der Waals surface area contributed by atoms with Gasteiger partial charge in [0.05, 0.1) is 40.8 Å². The fraction of sp³-hybridized carbons (Fsp3) is 0.677. The standard InChI is InChI=1S/C12H20N2O2S.C11H16O3.C8H12O2.C7H12N2S.C7H11NS.C7H14O2.C6H9NOS.C6H10O3.CH4.H3NO4S/c1-6-9-7-10(17-13-9)8-14(5)11(15)16-12(2,3)4;1-2-10(12)6-5-9-14-11-7-3-4-8-13-11;1-2-6-9-8-5-3-4-7-10-8;1-3-6-4-7(5-8-2)10-9-6;1-3-6-5-7(4-2)9-8-6;1-5-6(8)9-7(2,3)4;1-2-5-3-6(4-8)9-7-5;1-3-5(7)9-6(8)4-2;;1-5-6(2,3)4/h7H,6,8H2,1-5H3;11H,2-4,7-9H2,1H3;1,8H,3-7H2;4,8H,3,5H2,1-2H3;5H,3-4H2,1-2H3;5H2,1-4H3;3,8H,2,4H2,1H3;3-4H2,1-2H3;1H4;1H2,(H,2,3,4). The van der Waals surface area contributed by atoms with Gasteiger partial charge in [-0.3, -0.25) is 23.7 Å². The number of Topliss-reactive ketones (excluding diaryl/α,β-unsaturated/α-hetero) is 1. The average molecular weight is 1420 g/mol. The number of nitrogens with two attached hydrogens (primary N) is 1. The summed E-state index contributed by atoms with van der Waals surface area (Å²) in [5.41, 5.74) is 3.81. The minimum Gasteiger partial charge on any atom is -0.460 e. The van der Waals surface area contributed by atoms with Gasteiger partial charge in [-0.2, -0.15) is 36.1 Å². The van der Waals surface area contributed by atoms with Crippen LogP contribution in [0.25, 0.3) is 0 Å². The second-order valence-electron chi connectivity index (χ2n) is 21.4. The summed E-state index contributed by atoms with van der Waals surface area (Å²) < 4.78 is 81.3. The Labute approximate surface area is 578 Å². The van der Waals surface area contributed by atoms with E-state index in [0.29, 0.717) is 26.0 Å². The summed E-state index contributed by atoms with van der Waals surface area (Å²) in [6.07, 6.45) is 17.6. The number of aliphatic hydroxyl groups excluding tert-OH is 1. The summed E-state index contributed by atoms with van der Waals surface area (Å²) >= 11 is 6.02. The highest BCUT2D eigenvalue weighted by Gasteiger charge is 2.21. The number of hydrogen-bond acceptors (Lipinski definition) is 26. The Hall–Kier alpha value is -5.22. The van der Waals surface area contributed by atoms with Crippen LogP contribution < -0.4 is 11.2 Å². The SMILES string of the molecule is C.C#CCOC1CCCCO1.CCC(=O)C#CCOC1CCCCO1.CCC(=O)OC(=O)CC.CCC(=O)OC(C)(C)C.CCc1cc(CC)sn1.CCc1cc(CN(C)C(=O)OC(C)(C)C)sn1.CCc1cc(CNC)sn1.CCc1cc(CO)sn1.NOS(=O)(=O)O. The van der Waals surface area contributed by atoms with Crippen molar-refractivity contribution in [3.8, 4) is 24.2 Å². The van der Waals surface area contributed by atoms with E-state index in [2.05, 4.69) is 102 Å². The molecule has 94 heavy (non-hydrogen) atoms. The molecule has 2 saturated heterocycles. The molecular weight excluding hydrogens is 1310 g/mol. The number of rotatable bonds is 19. The first-order valence-corrected chi connectivity index (χ1v) is 35.5. The monoisotopic (exact) mass is 1420 g/mol. The second kappa shape index (κ2) is 58.0. The first-order valence-electron chi connectivity index (χ1n) is 31.1. The van der Waals surface area contributed by atoms with Crippen LogP contribution >= 0.6 is 46.1 Å². The number of nitrogens with zero attached hydrogens (tertiary/aromatic N) is 5. The number of ether oxygens (including phenoxy) is 7. The quantitative estimate of drug-likeness (QED) is 0.0129. The van der Waals surface area contributed by atoms with Gasteiger partial charge < -0.3 is 48.5 Å². The molecule has 2 fully saturated rings. The molecule has 1 amide bonds. The van der Waals surface area contributed by atoms with Crippen molar-refractivity contribution in [2.75, 3.05) is 40.5 Å². The summed E-state index contributed by atoms with van der Waals surface area (Å²) in [6.45, 7) is 32.4. The first-order chi connectivity index (χ1) is 43.9.